The summed E-state index contributed by atoms with van der Waals surface area (Å²) in [6.07, 6.45) is -2.70. The van der Waals surface area contributed by atoms with E-state index >= 15 is 0 Å². The minimum absolute atomic E-state index is 0.0654. The molecule has 1 fully saturated rings. The first-order valence-corrected chi connectivity index (χ1v) is 11.3. The predicted octanol–water partition coefficient (Wildman–Crippen LogP) is 2.08. The molecule has 1 atom stereocenters. The zero-order chi connectivity index (χ0) is 25.8. The van der Waals surface area contributed by atoms with Crippen molar-refractivity contribution in [3.05, 3.63) is 48.2 Å². The van der Waals surface area contributed by atoms with Gasteiger partial charge in [-0.2, -0.15) is 10.1 Å². The third-order valence-corrected chi connectivity index (χ3v) is 4.90. The van der Waals surface area contributed by atoms with Crippen molar-refractivity contribution >= 4 is 33.8 Å². The summed E-state index contributed by atoms with van der Waals surface area (Å²) < 4.78 is 40.8. The van der Waals surface area contributed by atoms with E-state index in [1.165, 1.54) is 12.1 Å². The average molecular weight is 514 g/mol. The molecule has 0 aliphatic carbocycles. The summed E-state index contributed by atoms with van der Waals surface area (Å²) in [5.74, 6) is -0.299. The van der Waals surface area contributed by atoms with E-state index in [1.807, 2.05) is 11.0 Å². The van der Waals surface area contributed by atoms with E-state index in [2.05, 4.69) is 24.9 Å². The lowest BCUT2D eigenvalue weighted by molar-refractivity contribution is -0.274. The Bertz CT molecular complexity index is 1020. The quantitative estimate of drug-likeness (QED) is 0.403. The highest BCUT2D eigenvalue weighted by molar-refractivity contribution is 8.26. The minimum atomic E-state index is -4.82. The van der Waals surface area contributed by atoms with Gasteiger partial charge in [0.1, 0.15) is 5.75 Å². The molecule has 0 radical (unpaired) electrons. The van der Waals surface area contributed by atoms with Gasteiger partial charge in [-0.1, -0.05) is 12.1 Å². The van der Waals surface area contributed by atoms with Gasteiger partial charge in [-0.15, -0.1) is 18.3 Å². The average Bonchev–Trinajstić information content (AvgIpc) is 3.22. The fraction of sp³-hybridized carbons (Fsp3) is 0.381. The summed E-state index contributed by atoms with van der Waals surface area (Å²) in [5, 5.41) is 15.5. The highest BCUT2D eigenvalue weighted by atomic mass is 32.2. The number of carbonyl (C=O) groups is 1. The van der Waals surface area contributed by atoms with E-state index in [0.717, 1.165) is 42.7 Å². The monoisotopic (exact) mass is 513 g/mol. The lowest BCUT2D eigenvalue weighted by atomic mass is 10.1. The van der Waals surface area contributed by atoms with Crippen molar-refractivity contribution in [2.75, 3.05) is 24.6 Å². The van der Waals surface area contributed by atoms with Gasteiger partial charge in [-0.3, -0.25) is 9.79 Å². The fourth-order valence-electron chi connectivity index (χ4n) is 3.04. The zero-order valence-electron chi connectivity index (χ0n) is 18.9. The third kappa shape index (κ3) is 10.6. The number of amides is 1. The number of thioether (sulfide) groups is 1. The molecule has 1 saturated heterocycles. The Balaban J connectivity index is 0.00000137. The normalized spacial score (nSPS) is 16.5. The number of amidine groups is 2. The molecule has 0 bridgehead atoms. The number of ether oxygens (including phenoxy) is 1. The molecule has 10 nitrogen and oxygen atoms in total. The van der Waals surface area contributed by atoms with Gasteiger partial charge in [-0.05, 0) is 54.9 Å². The molecule has 5 N–H and O–H groups in total. The first-order valence-electron chi connectivity index (χ1n) is 10.5. The van der Waals surface area contributed by atoms with Crippen LogP contribution in [-0.4, -0.2) is 63.6 Å². The van der Waals surface area contributed by atoms with Crippen LogP contribution in [0.3, 0.4) is 0 Å². The number of aromatic nitrogens is 2. The number of benzene rings is 1. The van der Waals surface area contributed by atoms with Crippen LogP contribution in [0.15, 0.2) is 52.6 Å². The number of hydrogen-bond donors (Lipinski definition) is 3. The highest BCUT2D eigenvalue weighted by Gasteiger charge is 2.31. The fourth-order valence-corrected chi connectivity index (χ4v) is 3.61. The molecule has 14 heteroatoms. The zero-order valence-corrected chi connectivity index (χ0v) is 19.7. The number of anilines is 1. The van der Waals surface area contributed by atoms with Crippen LogP contribution in [0.4, 0.5) is 19.0 Å². The molecular formula is C21H26F3N7O3S. The van der Waals surface area contributed by atoms with Crippen molar-refractivity contribution in [2.24, 2.45) is 21.5 Å². The second-order valence-electron chi connectivity index (χ2n) is 7.07. The standard InChI is InChI=1S/C19H20F3N7O2S.C2H6O/c20-19(21,22)31-14-4-1-3-12(9-14)10-16(30)27-18(24)32-17(23)26-13-6-8-29(11-13)15-5-2-7-25-28-15;1-2-3/h1-5,7,9,13H,6,8,10-11H2,(H2,23,26)(H2,24,27,30);3H,2H2,1H3. The molecule has 1 aliphatic rings. The first kappa shape index (κ1) is 27.9. The predicted molar refractivity (Wildman–Crippen MR) is 128 cm³/mol. The molecule has 190 valence electrons. The number of hydrogen-bond acceptors (Lipinski definition) is 8. The van der Waals surface area contributed by atoms with Crippen molar-refractivity contribution in [3.8, 4) is 5.75 Å². The molecule has 2 aromatic rings. The number of aliphatic imine (C=N–C) groups is 2. The molecule has 1 amide bonds. The van der Waals surface area contributed by atoms with E-state index in [4.69, 9.17) is 16.6 Å². The maximum Gasteiger partial charge on any atom is 0.573 e. The molecule has 1 unspecified atom stereocenters. The van der Waals surface area contributed by atoms with Gasteiger partial charge < -0.3 is 26.2 Å². The van der Waals surface area contributed by atoms with E-state index < -0.39 is 18.0 Å². The highest BCUT2D eigenvalue weighted by Crippen LogP contribution is 2.24. The summed E-state index contributed by atoms with van der Waals surface area (Å²) in [6.45, 7) is 3.30. The van der Waals surface area contributed by atoms with Gasteiger partial charge in [0.15, 0.2) is 16.2 Å². The van der Waals surface area contributed by atoms with Crippen LogP contribution in [-0.2, 0) is 11.2 Å². The largest absolute Gasteiger partial charge is 0.573 e. The van der Waals surface area contributed by atoms with Crippen LogP contribution in [0.1, 0.15) is 18.9 Å². The van der Waals surface area contributed by atoms with E-state index in [-0.39, 0.29) is 29.4 Å². The lowest BCUT2D eigenvalue weighted by Crippen LogP contribution is -2.24. The van der Waals surface area contributed by atoms with Crippen molar-refractivity contribution in [1.29, 1.82) is 0 Å². The number of alkyl halides is 3. The van der Waals surface area contributed by atoms with E-state index in [0.29, 0.717) is 12.1 Å². The van der Waals surface area contributed by atoms with Gasteiger partial charge >= 0.3 is 6.36 Å². The Morgan fingerprint density at radius 3 is 2.69 bits per heavy atom. The van der Waals surface area contributed by atoms with Crippen molar-refractivity contribution in [2.45, 2.75) is 32.2 Å². The van der Waals surface area contributed by atoms with Gasteiger partial charge in [0.2, 0.25) is 0 Å². The van der Waals surface area contributed by atoms with Crippen molar-refractivity contribution in [3.63, 3.8) is 0 Å². The number of rotatable bonds is 5. The summed E-state index contributed by atoms with van der Waals surface area (Å²) in [4.78, 5) is 22.3. The molecule has 2 heterocycles. The van der Waals surface area contributed by atoms with Gasteiger partial charge in [0.25, 0.3) is 5.91 Å². The van der Waals surface area contributed by atoms with Crippen LogP contribution >= 0.6 is 11.8 Å². The summed E-state index contributed by atoms with van der Waals surface area (Å²) >= 11 is 0.848. The smallest absolute Gasteiger partial charge is 0.406 e. The van der Waals surface area contributed by atoms with Crippen LogP contribution in [0.2, 0.25) is 0 Å². The summed E-state index contributed by atoms with van der Waals surface area (Å²) in [6, 6.07) is 8.68. The van der Waals surface area contributed by atoms with E-state index in [1.54, 1.807) is 19.2 Å². The van der Waals surface area contributed by atoms with Crippen LogP contribution in [0.25, 0.3) is 0 Å². The summed E-state index contributed by atoms with van der Waals surface area (Å²) in [5.41, 5.74) is 12.0. The molecule has 1 aliphatic heterocycles. The second-order valence-corrected chi connectivity index (χ2v) is 8.11. The third-order valence-electron chi connectivity index (χ3n) is 4.29. The van der Waals surface area contributed by atoms with Crippen LogP contribution in [0, 0.1) is 0 Å². The maximum atomic E-state index is 12.3. The Morgan fingerprint density at radius 2 is 2.03 bits per heavy atom. The Labute approximate surface area is 204 Å². The number of halogens is 3. The minimum Gasteiger partial charge on any atom is -0.406 e. The van der Waals surface area contributed by atoms with Gasteiger partial charge in [0.05, 0.1) is 12.5 Å². The molecular weight excluding hydrogens is 487 g/mol. The topological polar surface area (TPSA) is 152 Å². The number of nitrogens with two attached hydrogens (primary N) is 2. The number of aliphatic hydroxyl groups excluding tert-OH is 1. The number of aliphatic hydroxyl groups is 1. The Kier molecular flexibility index (Phi) is 10.7. The van der Waals surface area contributed by atoms with Crippen molar-refractivity contribution < 1.29 is 27.8 Å². The Hall–Kier alpha value is -3.39. The number of carbonyl (C=O) groups excluding carboxylic acids is 1. The summed E-state index contributed by atoms with van der Waals surface area (Å²) in [7, 11) is 0. The van der Waals surface area contributed by atoms with Gasteiger partial charge in [0, 0.05) is 25.9 Å². The molecule has 0 spiro atoms. The van der Waals surface area contributed by atoms with Crippen LogP contribution < -0.4 is 21.1 Å². The maximum absolute atomic E-state index is 12.3. The molecule has 1 aromatic heterocycles. The molecule has 35 heavy (non-hydrogen) atoms. The van der Waals surface area contributed by atoms with Gasteiger partial charge in [-0.25, -0.2) is 0 Å². The van der Waals surface area contributed by atoms with E-state index in [9.17, 15) is 18.0 Å². The van der Waals surface area contributed by atoms with Crippen molar-refractivity contribution in [1.82, 2.24) is 10.2 Å². The van der Waals surface area contributed by atoms with Crippen LogP contribution in [0.5, 0.6) is 5.75 Å². The SMILES string of the molecule is CCO.NC(=NC(=O)Cc1cccc(OC(F)(F)F)c1)SC(N)=NC1CCN(c2cccnn2)C1. The lowest BCUT2D eigenvalue weighted by Gasteiger charge is -2.15. The first-order chi connectivity index (χ1) is 16.6. The molecule has 1 aromatic carbocycles. The number of nitrogens with zero attached hydrogens (tertiary/aromatic N) is 5. The molecule has 0 saturated carbocycles. The molecule has 3 rings (SSSR count). The second kappa shape index (κ2) is 13.5. The Morgan fingerprint density at radius 1 is 1.29 bits per heavy atom.